The van der Waals surface area contributed by atoms with E-state index in [1.807, 2.05) is 6.07 Å². The number of nitrogens with one attached hydrogen (secondary N) is 1. The summed E-state index contributed by atoms with van der Waals surface area (Å²) >= 11 is 3.47. The molecule has 0 unspecified atom stereocenters. The van der Waals surface area contributed by atoms with Gasteiger partial charge < -0.3 is 0 Å². The molecule has 0 aliphatic heterocycles. The maximum absolute atomic E-state index is 4.25. The van der Waals surface area contributed by atoms with Crippen LogP contribution in [0.15, 0.2) is 47.2 Å². The Bertz CT molecular complexity index is 814. The molecule has 19 heavy (non-hydrogen) atoms. The second-order valence-corrected chi connectivity index (χ2v) is 6.05. The van der Waals surface area contributed by atoms with Gasteiger partial charge >= 0.3 is 0 Å². The van der Waals surface area contributed by atoms with E-state index in [2.05, 4.69) is 56.5 Å². The molecule has 0 saturated heterocycles. The lowest BCUT2D eigenvalue weighted by Gasteiger charge is -2.06. The standard InChI is InChI=1S/C14H9N3S2/c1-3-11(18-7-1)9-5-6-10-14(16-17-15-10)13(9)12-4-2-8-19-12/h1-8H,(H,15,16,17). The number of aromatic nitrogens is 3. The van der Waals surface area contributed by atoms with E-state index in [4.69, 9.17) is 0 Å². The number of nitrogens with zero attached hydrogens (tertiary/aromatic N) is 2. The zero-order chi connectivity index (χ0) is 12.7. The van der Waals surface area contributed by atoms with Crippen molar-refractivity contribution in [1.82, 2.24) is 15.4 Å². The Kier molecular flexibility index (Phi) is 2.46. The van der Waals surface area contributed by atoms with Gasteiger partial charge in [-0.15, -0.1) is 27.8 Å². The molecule has 4 rings (SSSR count). The van der Waals surface area contributed by atoms with Crippen LogP contribution in [-0.2, 0) is 0 Å². The minimum Gasteiger partial charge on any atom is -0.258 e. The molecule has 1 aromatic carbocycles. The Hall–Kier alpha value is -1.98. The number of rotatable bonds is 2. The maximum Gasteiger partial charge on any atom is 0.122 e. The molecule has 1 N–H and O–H groups in total. The van der Waals surface area contributed by atoms with Gasteiger partial charge in [0.15, 0.2) is 0 Å². The third-order valence-electron chi connectivity index (χ3n) is 3.05. The molecule has 0 aliphatic carbocycles. The van der Waals surface area contributed by atoms with Crippen LogP contribution >= 0.6 is 22.7 Å². The van der Waals surface area contributed by atoms with Crippen molar-refractivity contribution in [2.24, 2.45) is 0 Å². The van der Waals surface area contributed by atoms with Crippen molar-refractivity contribution in [2.45, 2.75) is 0 Å². The van der Waals surface area contributed by atoms with E-state index >= 15 is 0 Å². The molecule has 0 atom stereocenters. The van der Waals surface area contributed by atoms with Gasteiger partial charge in [-0.05, 0) is 29.0 Å². The number of benzene rings is 1. The highest BCUT2D eigenvalue weighted by molar-refractivity contribution is 7.14. The Morgan fingerprint density at radius 1 is 0.895 bits per heavy atom. The summed E-state index contributed by atoms with van der Waals surface area (Å²) in [6, 6.07) is 12.6. The molecular weight excluding hydrogens is 274 g/mol. The molecule has 4 aromatic rings. The molecule has 0 aliphatic rings. The van der Waals surface area contributed by atoms with E-state index < -0.39 is 0 Å². The predicted molar refractivity (Wildman–Crippen MR) is 80.5 cm³/mol. The van der Waals surface area contributed by atoms with Crippen LogP contribution in [0.4, 0.5) is 0 Å². The van der Waals surface area contributed by atoms with Gasteiger partial charge in [0.05, 0.1) is 5.52 Å². The van der Waals surface area contributed by atoms with Gasteiger partial charge in [-0.1, -0.05) is 23.4 Å². The zero-order valence-corrected chi connectivity index (χ0v) is 11.5. The highest BCUT2D eigenvalue weighted by atomic mass is 32.1. The number of aromatic amines is 1. The molecule has 5 heteroatoms. The minimum absolute atomic E-state index is 0.938. The van der Waals surface area contributed by atoms with E-state index in [-0.39, 0.29) is 0 Å². The summed E-state index contributed by atoms with van der Waals surface area (Å²) in [7, 11) is 0. The van der Waals surface area contributed by atoms with Crippen LogP contribution in [0.1, 0.15) is 0 Å². The molecule has 0 fully saturated rings. The fourth-order valence-corrected chi connectivity index (χ4v) is 3.76. The van der Waals surface area contributed by atoms with Gasteiger partial charge in [-0.2, -0.15) is 0 Å². The van der Waals surface area contributed by atoms with Gasteiger partial charge in [0.25, 0.3) is 0 Å². The second kappa shape index (κ2) is 4.29. The lowest BCUT2D eigenvalue weighted by Crippen LogP contribution is -1.83. The zero-order valence-electron chi connectivity index (χ0n) is 9.83. The van der Waals surface area contributed by atoms with Crippen LogP contribution in [0.3, 0.4) is 0 Å². The maximum atomic E-state index is 4.25. The Morgan fingerprint density at radius 2 is 1.68 bits per heavy atom. The Labute approximate surface area is 117 Å². The summed E-state index contributed by atoms with van der Waals surface area (Å²) in [6.45, 7) is 0. The molecule has 0 spiro atoms. The van der Waals surface area contributed by atoms with Crippen molar-refractivity contribution >= 4 is 33.7 Å². The second-order valence-electron chi connectivity index (χ2n) is 4.15. The van der Waals surface area contributed by atoms with Gasteiger partial charge in [-0.25, -0.2) is 0 Å². The molecule has 0 amide bonds. The molecule has 3 heterocycles. The normalized spacial score (nSPS) is 11.2. The van der Waals surface area contributed by atoms with Crippen LogP contribution in [0.2, 0.25) is 0 Å². The average Bonchev–Trinajstić information content (AvgIpc) is 3.18. The minimum atomic E-state index is 0.938. The highest BCUT2D eigenvalue weighted by Gasteiger charge is 2.15. The fourth-order valence-electron chi connectivity index (χ4n) is 2.22. The van der Waals surface area contributed by atoms with Crippen LogP contribution in [0, 0.1) is 0 Å². The quantitative estimate of drug-likeness (QED) is 0.592. The Balaban J connectivity index is 2.11. The van der Waals surface area contributed by atoms with E-state index in [0.717, 1.165) is 11.0 Å². The van der Waals surface area contributed by atoms with Crippen LogP contribution in [-0.4, -0.2) is 15.4 Å². The summed E-state index contributed by atoms with van der Waals surface area (Å²) in [5.74, 6) is 0. The first-order valence-corrected chi connectivity index (χ1v) is 7.61. The summed E-state index contributed by atoms with van der Waals surface area (Å²) < 4.78 is 0. The molecule has 3 nitrogen and oxygen atoms in total. The molecule has 3 aromatic heterocycles. The number of H-pyrrole nitrogens is 1. The van der Waals surface area contributed by atoms with Crippen LogP contribution in [0.5, 0.6) is 0 Å². The number of fused-ring (bicyclic) bond motifs is 1. The summed E-state index contributed by atoms with van der Waals surface area (Å²) in [4.78, 5) is 2.48. The SMILES string of the molecule is c1csc(-c2ccc3[nH]nnc3c2-c2cccs2)c1. The van der Waals surface area contributed by atoms with Crippen molar-refractivity contribution in [3.05, 3.63) is 47.2 Å². The highest BCUT2D eigenvalue weighted by Crippen LogP contribution is 2.40. The summed E-state index contributed by atoms with van der Waals surface area (Å²) in [5.41, 5.74) is 4.31. The Morgan fingerprint density at radius 3 is 2.42 bits per heavy atom. The van der Waals surface area contributed by atoms with E-state index in [1.54, 1.807) is 22.7 Å². The molecule has 0 saturated carbocycles. The third-order valence-corrected chi connectivity index (χ3v) is 4.84. The van der Waals surface area contributed by atoms with Crippen molar-refractivity contribution < 1.29 is 0 Å². The van der Waals surface area contributed by atoms with Gasteiger partial charge in [0, 0.05) is 20.9 Å². The number of hydrogen-bond donors (Lipinski definition) is 1. The first-order valence-electron chi connectivity index (χ1n) is 5.85. The number of thiophene rings is 2. The lowest BCUT2D eigenvalue weighted by atomic mass is 10.0. The van der Waals surface area contributed by atoms with Crippen molar-refractivity contribution in [3.63, 3.8) is 0 Å². The lowest BCUT2D eigenvalue weighted by molar-refractivity contribution is 0.960. The van der Waals surface area contributed by atoms with Gasteiger partial charge in [0.1, 0.15) is 5.52 Å². The van der Waals surface area contributed by atoms with E-state index in [1.165, 1.54) is 20.9 Å². The summed E-state index contributed by atoms with van der Waals surface area (Å²) in [5, 5.41) is 15.3. The fraction of sp³-hybridized carbons (Fsp3) is 0. The van der Waals surface area contributed by atoms with Crippen molar-refractivity contribution in [2.75, 3.05) is 0 Å². The first-order chi connectivity index (χ1) is 9.43. The van der Waals surface area contributed by atoms with Crippen molar-refractivity contribution in [3.8, 4) is 20.9 Å². The van der Waals surface area contributed by atoms with Crippen LogP contribution < -0.4 is 0 Å². The molecule has 0 bridgehead atoms. The average molecular weight is 283 g/mol. The van der Waals surface area contributed by atoms with E-state index in [0.29, 0.717) is 0 Å². The van der Waals surface area contributed by atoms with Gasteiger partial charge in [-0.3, -0.25) is 5.10 Å². The largest absolute Gasteiger partial charge is 0.258 e. The van der Waals surface area contributed by atoms with Crippen molar-refractivity contribution in [1.29, 1.82) is 0 Å². The molecule has 0 radical (unpaired) electrons. The molecule has 92 valence electrons. The molecular formula is C14H9N3S2. The van der Waals surface area contributed by atoms with Gasteiger partial charge in [0.2, 0.25) is 0 Å². The smallest absolute Gasteiger partial charge is 0.122 e. The predicted octanol–water partition coefficient (Wildman–Crippen LogP) is 4.41. The van der Waals surface area contributed by atoms with E-state index in [9.17, 15) is 0 Å². The topological polar surface area (TPSA) is 41.6 Å². The first kappa shape index (κ1) is 10.9. The third kappa shape index (κ3) is 1.70. The number of hydrogen-bond acceptors (Lipinski definition) is 4. The van der Waals surface area contributed by atoms with Crippen LogP contribution in [0.25, 0.3) is 31.9 Å². The monoisotopic (exact) mass is 283 g/mol. The summed E-state index contributed by atoms with van der Waals surface area (Å²) in [6.07, 6.45) is 0.